The molecule has 1 aromatic rings. The van der Waals surface area contributed by atoms with Crippen molar-refractivity contribution < 1.29 is 9.90 Å². The van der Waals surface area contributed by atoms with Crippen molar-refractivity contribution >= 4 is 17.6 Å². The molecule has 0 aromatic carbocycles. The van der Waals surface area contributed by atoms with E-state index in [2.05, 4.69) is 15.3 Å². The Morgan fingerprint density at radius 3 is 3.00 bits per heavy atom. The van der Waals surface area contributed by atoms with Crippen molar-refractivity contribution in [2.24, 2.45) is 5.92 Å². The van der Waals surface area contributed by atoms with Crippen molar-refractivity contribution in [1.82, 2.24) is 9.97 Å². The van der Waals surface area contributed by atoms with Crippen LogP contribution in [0.25, 0.3) is 0 Å². The first-order valence-electron chi connectivity index (χ1n) is 6.79. The van der Waals surface area contributed by atoms with Gasteiger partial charge in [0.1, 0.15) is 24.0 Å². The van der Waals surface area contributed by atoms with Gasteiger partial charge < -0.3 is 15.3 Å². The number of rotatable bonds is 5. The summed E-state index contributed by atoms with van der Waals surface area (Å²) in [4.78, 5) is 21.4. The molecule has 0 radical (unpaired) electrons. The lowest BCUT2D eigenvalue weighted by atomic mass is 10.2. The average molecular weight is 262 g/mol. The van der Waals surface area contributed by atoms with Gasteiger partial charge in [0.2, 0.25) is 0 Å². The fourth-order valence-corrected chi connectivity index (χ4v) is 2.47. The predicted octanol–water partition coefficient (Wildman–Crippen LogP) is 1.35. The van der Waals surface area contributed by atoms with Crippen LogP contribution in [0.15, 0.2) is 12.4 Å². The molecule has 0 bridgehead atoms. The molecule has 1 aliphatic heterocycles. The van der Waals surface area contributed by atoms with Crippen LogP contribution in [0, 0.1) is 5.92 Å². The average Bonchev–Trinajstić information content (AvgIpc) is 3.10. The second-order valence-electron chi connectivity index (χ2n) is 5.28. The van der Waals surface area contributed by atoms with E-state index in [9.17, 15) is 9.90 Å². The van der Waals surface area contributed by atoms with Gasteiger partial charge >= 0.3 is 5.97 Å². The van der Waals surface area contributed by atoms with Crippen LogP contribution >= 0.6 is 0 Å². The molecular weight excluding hydrogens is 244 g/mol. The summed E-state index contributed by atoms with van der Waals surface area (Å²) in [6.07, 6.45) is 5.66. The van der Waals surface area contributed by atoms with Gasteiger partial charge in [-0.05, 0) is 31.6 Å². The van der Waals surface area contributed by atoms with Gasteiger partial charge in [0, 0.05) is 19.2 Å². The molecule has 1 saturated heterocycles. The lowest BCUT2D eigenvalue weighted by molar-refractivity contribution is -0.138. The third-order valence-corrected chi connectivity index (χ3v) is 3.75. The van der Waals surface area contributed by atoms with Crippen molar-refractivity contribution in [2.45, 2.75) is 31.7 Å². The number of carbonyl (C=O) groups is 1. The number of carboxylic acid groups (broad SMARTS) is 1. The molecule has 2 aliphatic rings. The Morgan fingerprint density at radius 2 is 2.26 bits per heavy atom. The topological polar surface area (TPSA) is 78.4 Å². The van der Waals surface area contributed by atoms with Gasteiger partial charge in [-0.15, -0.1) is 0 Å². The highest BCUT2D eigenvalue weighted by Gasteiger charge is 2.31. The summed E-state index contributed by atoms with van der Waals surface area (Å²) in [7, 11) is 0. The molecule has 1 aromatic heterocycles. The fraction of sp³-hybridized carbons (Fsp3) is 0.615. The molecule has 102 valence electrons. The summed E-state index contributed by atoms with van der Waals surface area (Å²) in [6.45, 7) is 1.69. The summed E-state index contributed by atoms with van der Waals surface area (Å²) in [6, 6.07) is 1.40. The molecule has 1 aliphatic carbocycles. The number of hydrogen-bond acceptors (Lipinski definition) is 5. The maximum absolute atomic E-state index is 11.2. The largest absolute Gasteiger partial charge is 0.480 e. The third kappa shape index (κ3) is 2.77. The molecule has 2 heterocycles. The van der Waals surface area contributed by atoms with E-state index in [1.165, 1.54) is 19.2 Å². The summed E-state index contributed by atoms with van der Waals surface area (Å²) in [5, 5.41) is 12.5. The highest BCUT2D eigenvalue weighted by molar-refractivity contribution is 5.78. The maximum atomic E-state index is 11.2. The Balaban J connectivity index is 1.72. The van der Waals surface area contributed by atoms with Crippen molar-refractivity contribution in [2.75, 3.05) is 23.3 Å². The van der Waals surface area contributed by atoms with Gasteiger partial charge in [-0.25, -0.2) is 14.8 Å². The number of nitrogens with zero attached hydrogens (tertiary/aromatic N) is 3. The van der Waals surface area contributed by atoms with E-state index in [1.807, 2.05) is 11.0 Å². The van der Waals surface area contributed by atoms with Gasteiger partial charge in [-0.1, -0.05) is 0 Å². The predicted molar refractivity (Wildman–Crippen MR) is 71.2 cm³/mol. The quantitative estimate of drug-likeness (QED) is 0.834. The van der Waals surface area contributed by atoms with Gasteiger partial charge in [0.15, 0.2) is 0 Å². The number of aromatic nitrogens is 2. The Morgan fingerprint density at radius 1 is 1.42 bits per heavy atom. The second kappa shape index (κ2) is 5.03. The van der Waals surface area contributed by atoms with Crippen LogP contribution < -0.4 is 10.2 Å². The summed E-state index contributed by atoms with van der Waals surface area (Å²) in [5.41, 5.74) is 0. The van der Waals surface area contributed by atoms with Crippen LogP contribution in [0.5, 0.6) is 0 Å². The van der Waals surface area contributed by atoms with Gasteiger partial charge in [0.25, 0.3) is 0 Å². The minimum atomic E-state index is -0.774. The Labute approximate surface area is 111 Å². The lowest BCUT2D eigenvalue weighted by Gasteiger charge is -2.22. The molecule has 0 unspecified atom stereocenters. The Kier molecular flexibility index (Phi) is 3.23. The first-order chi connectivity index (χ1) is 9.24. The molecule has 3 rings (SSSR count). The number of aliphatic carboxylic acids is 1. The molecule has 6 heteroatoms. The van der Waals surface area contributed by atoms with Gasteiger partial charge in [0.05, 0.1) is 0 Å². The standard InChI is InChI=1S/C13H18N4O2/c18-13(19)10-2-1-5-17(10)12-6-11(15-8-16-12)14-7-9-3-4-9/h6,8-10H,1-5,7H2,(H,18,19)(H,14,15,16)/t10-/m1/s1. The normalized spacial score (nSPS) is 22.5. The molecule has 19 heavy (non-hydrogen) atoms. The molecular formula is C13H18N4O2. The van der Waals surface area contributed by atoms with E-state index in [4.69, 9.17) is 0 Å². The maximum Gasteiger partial charge on any atom is 0.326 e. The zero-order valence-electron chi connectivity index (χ0n) is 10.7. The third-order valence-electron chi connectivity index (χ3n) is 3.75. The van der Waals surface area contributed by atoms with E-state index in [0.29, 0.717) is 12.2 Å². The van der Waals surface area contributed by atoms with E-state index in [1.54, 1.807) is 0 Å². The Bertz CT molecular complexity index is 475. The molecule has 2 N–H and O–H groups in total. The SMILES string of the molecule is O=C(O)[C@H]1CCCN1c1cc(NCC2CC2)ncn1. The van der Waals surface area contributed by atoms with Crippen LogP contribution in [0.2, 0.25) is 0 Å². The molecule has 6 nitrogen and oxygen atoms in total. The van der Waals surface area contributed by atoms with Crippen molar-refractivity contribution in [3.8, 4) is 0 Å². The summed E-state index contributed by atoms with van der Waals surface area (Å²) < 4.78 is 0. The lowest BCUT2D eigenvalue weighted by Crippen LogP contribution is -2.36. The zero-order chi connectivity index (χ0) is 13.2. The van der Waals surface area contributed by atoms with Crippen LogP contribution in [0.4, 0.5) is 11.6 Å². The number of anilines is 2. The summed E-state index contributed by atoms with van der Waals surface area (Å²) >= 11 is 0. The van der Waals surface area contributed by atoms with E-state index in [-0.39, 0.29) is 0 Å². The van der Waals surface area contributed by atoms with Crippen LogP contribution in [-0.2, 0) is 4.79 Å². The highest BCUT2D eigenvalue weighted by atomic mass is 16.4. The van der Waals surface area contributed by atoms with Crippen LogP contribution in [0.3, 0.4) is 0 Å². The van der Waals surface area contributed by atoms with E-state index >= 15 is 0 Å². The van der Waals surface area contributed by atoms with Crippen molar-refractivity contribution in [3.63, 3.8) is 0 Å². The number of carboxylic acids is 1. The summed E-state index contributed by atoms with van der Waals surface area (Å²) in [5.74, 6) is 1.49. The Hall–Kier alpha value is -1.85. The first-order valence-corrected chi connectivity index (χ1v) is 6.79. The smallest absolute Gasteiger partial charge is 0.326 e. The van der Waals surface area contributed by atoms with Crippen LogP contribution in [0.1, 0.15) is 25.7 Å². The molecule has 2 fully saturated rings. The van der Waals surface area contributed by atoms with E-state index in [0.717, 1.165) is 31.2 Å². The van der Waals surface area contributed by atoms with Crippen LogP contribution in [-0.4, -0.2) is 40.2 Å². The molecule has 1 saturated carbocycles. The first kappa shape index (κ1) is 12.2. The van der Waals surface area contributed by atoms with Crippen molar-refractivity contribution in [1.29, 1.82) is 0 Å². The second-order valence-corrected chi connectivity index (χ2v) is 5.28. The molecule has 0 spiro atoms. The monoisotopic (exact) mass is 262 g/mol. The zero-order valence-corrected chi connectivity index (χ0v) is 10.7. The number of hydrogen-bond donors (Lipinski definition) is 2. The van der Waals surface area contributed by atoms with E-state index < -0.39 is 12.0 Å². The van der Waals surface area contributed by atoms with Gasteiger partial charge in [-0.3, -0.25) is 0 Å². The minimum absolute atomic E-state index is 0.453. The number of nitrogens with one attached hydrogen (secondary N) is 1. The highest BCUT2D eigenvalue weighted by Crippen LogP contribution is 2.29. The van der Waals surface area contributed by atoms with Crippen molar-refractivity contribution in [3.05, 3.63) is 12.4 Å². The molecule has 0 amide bonds. The van der Waals surface area contributed by atoms with Gasteiger partial charge in [-0.2, -0.15) is 0 Å². The molecule has 1 atom stereocenters. The minimum Gasteiger partial charge on any atom is -0.480 e. The fourth-order valence-electron chi connectivity index (χ4n) is 2.47.